The summed E-state index contributed by atoms with van der Waals surface area (Å²) in [5.74, 6) is 0.957. The second-order valence-corrected chi connectivity index (χ2v) is 4.68. The first kappa shape index (κ1) is 16.4. The molecule has 0 aliphatic rings. The Morgan fingerprint density at radius 1 is 1.22 bits per heavy atom. The third kappa shape index (κ3) is 4.51. The second kappa shape index (κ2) is 7.89. The molecule has 0 saturated carbocycles. The van der Waals surface area contributed by atoms with E-state index in [9.17, 15) is 9.90 Å². The predicted molar refractivity (Wildman–Crippen MR) is 89.9 cm³/mol. The van der Waals surface area contributed by atoms with Crippen molar-refractivity contribution in [3.8, 4) is 17.2 Å². The molecule has 0 fully saturated rings. The zero-order valence-corrected chi connectivity index (χ0v) is 13.1. The van der Waals surface area contributed by atoms with E-state index >= 15 is 0 Å². The van der Waals surface area contributed by atoms with E-state index in [0.717, 1.165) is 5.56 Å². The van der Waals surface area contributed by atoms with Gasteiger partial charge in [-0.2, -0.15) is 0 Å². The van der Waals surface area contributed by atoms with Crippen LogP contribution in [0.2, 0.25) is 0 Å². The Morgan fingerprint density at radius 2 is 2.00 bits per heavy atom. The summed E-state index contributed by atoms with van der Waals surface area (Å²) in [5.41, 5.74) is 1.17. The Morgan fingerprint density at radius 3 is 2.70 bits per heavy atom. The third-order valence-corrected chi connectivity index (χ3v) is 3.08. The number of aromatic hydroxyl groups is 1. The van der Waals surface area contributed by atoms with Crippen molar-refractivity contribution in [1.82, 2.24) is 0 Å². The minimum Gasteiger partial charge on any atom is -0.506 e. The Balaban J connectivity index is 2.09. The molecular weight excluding hydrogens is 294 g/mol. The smallest absolute Gasteiger partial charge is 0.248 e. The first-order valence-electron chi connectivity index (χ1n) is 7.22. The van der Waals surface area contributed by atoms with Gasteiger partial charge < -0.3 is 19.9 Å². The summed E-state index contributed by atoms with van der Waals surface area (Å²) in [6, 6.07) is 12.0. The average Bonchev–Trinajstić information content (AvgIpc) is 2.55. The van der Waals surface area contributed by atoms with Crippen molar-refractivity contribution in [1.29, 1.82) is 0 Å². The van der Waals surface area contributed by atoms with E-state index in [1.165, 1.54) is 12.1 Å². The summed E-state index contributed by atoms with van der Waals surface area (Å²) in [6.07, 6.45) is 3.06. The van der Waals surface area contributed by atoms with E-state index < -0.39 is 0 Å². The Bertz CT molecular complexity index is 710. The van der Waals surface area contributed by atoms with Crippen LogP contribution in [-0.4, -0.2) is 24.7 Å². The van der Waals surface area contributed by atoms with Gasteiger partial charge in [0.1, 0.15) is 5.75 Å². The van der Waals surface area contributed by atoms with Gasteiger partial charge in [-0.1, -0.05) is 18.2 Å². The van der Waals surface area contributed by atoms with Crippen molar-refractivity contribution >= 4 is 17.7 Å². The number of carbonyl (C=O) groups excluding carboxylic acids is 1. The molecule has 1 amide bonds. The molecule has 2 aromatic carbocycles. The number of anilines is 1. The highest BCUT2D eigenvalue weighted by atomic mass is 16.5. The molecule has 2 rings (SSSR count). The van der Waals surface area contributed by atoms with Crippen LogP contribution in [0.5, 0.6) is 17.2 Å². The van der Waals surface area contributed by atoms with Crippen molar-refractivity contribution in [2.75, 3.05) is 19.0 Å². The van der Waals surface area contributed by atoms with Crippen LogP contribution in [0.25, 0.3) is 6.08 Å². The number of rotatable bonds is 6. The highest BCUT2D eigenvalue weighted by Gasteiger charge is 2.05. The number of hydrogen-bond acceptors (Lipinski definition) is 4. The summed E-state index contributed by atoms with van der Waals surface area (Å²) in [6.45, 7) is 2.42. The molecule has 0 saturated heterocycles. The topological polar surface area (TPSA) is 67.8 Å². The van der Waals surface area contributed by atoms with Gasteiger partial charge in [-0.15, -0.1) is 0 Å². The number of phenols is 1. The number of amides is 1. The lowest BCUT2D eigenvalue weighted by Crippen LogP contribution is -2.07. The van der Waals surface area contributed by atoms with Crippen molar-refractivity contribution in [2.24, 2.45) is 0 Å². The zero-order chi connectivity index (χ0) is 16.7. The average molecular weight is 313 g/mol. The summed E-state index contributed by atoms with van der Waals surface area (Å²) in [4.78, 5) is 11.9. The molecule has 120 valence electrons. The van der Waals surface area contributed by atoms with Crippen LogP contribution in [0.1, 0.15) is 12.5 Å². The fraction of sp³-hybridized carbons (Fsp3) is 0.167. The molecule has 0 spiro atoms. The van der Waals surface area contributed by atoms with Gasteiger partial charge in [0.25, 0.3) is 0 Å². The van der Waals surface area contributed by atoms with Gasteiger partial charge in [0, 0.05) is 6.08 Å². The lowest BCUT2D eigenvalue weighted by atomic mass is 10.2. The minimum atomic E-state index is -0.333. The second-order valence-electron chi connectivity index (χ2n) is 4.68. The minimum absolute atomic E-state index is 0.0253. The number of phenolic OH excluding ortho intramolecular Hbond substituents is 1. The molecule has 0 aliphatic heterocycles. The maximum Gasteiger partial charge on any atom is 0.248 e. The maximum atomic E-state index is 11.9. The maximum absolute atomic E-state index is 11.9. The highest BCUT2D eigenvalue weighted by molar-refractivity contribution is 6.02. The van der Waals surface area contributed by atoms with E-state index in [0.29, 0.717) is 23.8 Å². The lowest BCUT2D eigenvalue weighted by Gasteiger charge is -2.09. The van der Waals surface area contributed by atoms with Crippen LogP contribution in [-0.2, 0) is 4.79 Å². The van der Waals surface area contributed by atoms with Crippen LogP contribution in [0, 0.1) is 0 Å². The van der Waals surface area contributed by atoms with Gasteiger partial charge in [-0.25, -0.2) is 0 Å². The first-order valence-corrected chi connectivity index (χ1v) is 7.22. The van der Waals surface area contributed by atoms with Gasteiger partial charge in [-0.3, -0.25) is 4.79 Å². The van der Waals surface area contributed by atoms with E-state index in [1.54, 1.807) is 43.5 Å². The fourth-order valence-electron chi connectivity index (χ4n) is 1.99. The SMILES string of the molecule is CCOc1cc(/C=C/C(=O)Nc2ccccc2O)ccc1OC. The standard InChI is InChI=1S/C18H19NO4/c1-3-23-17-12-13(8-10-16(17)22-2)9-11-18(21)19-14-6-4-5-7-15(14)20/h4-12,20H,3H2,1-2H3,(H,19,21)/b11-9+. The summed E-state index contributed by atoms with van der Waals surface area (Å²) in [7, 11) is 1.58. The number of hydrogen-bond donors (Lipinski definition) is 2. The largest absolute Gasteiger partial charge is 0.506 e. The summed E-state index contributed by atoms with van der Waals surface area (Å²) < 4.78 is 10.7. The molecular formula is C18H19NO4. The first-order chi connectivity index (χ1) is 11.1. The van der Waals surface area contributed by atoms with Crippen molar-refractivity contribution in [3.05, 3.63) is 54.1 Å². The van der Waals surface area contributed by atoms with Crippen LogP contribution < -0.4 is 14.8 Å². The molecule has 2 aromatic rings. The number of carbonyl (C=O) groups is 1. The normalized spacial score (nSPS) is 10.5. The van der Waals surface area contributed by atoms with Gasteiger partial charge in [0.05, 0.1) is 19.4 Å². The molecule has 0 radical (unpaired) electrons. The van der Waals surface area contributed by atoms with Gasteiger partial charge in [0.2, 0.25) is 5.91 Å². The number of nitrogens with one attached hydrogen (secondary N) is 1. The molecule has 2 N–H and O–H groups in total. The van der Waals surface area contributed by atoms with Gasteiger partial charge in [-0.05, 0) is 42.8 Å². The molecule has 5 heteroatoms. The molecule has 0 atom stereocenters. The molecule has 23 heavy (non-hydrogen) atoms. The fourth-order valence-corrected chi connectivity index (χ4v) is 1.99. The lowest BCUT2D eigenvalue weighted by molar-refractivity contribution is -0.111. The van der Waals surface area contributed by atoms with E-state index in [1.807, 2.05) is 13.0 Å². The predicted octanol–water partition coefficient (Wildman–Crippen LogP) is 3.45. The van der Waals surface area contributed by atoms with Crippen LogP contribution in [0.15, 0.2) is 48.5 Å². The quantitative estimate of drug-likeness (QED) is 0.633. The third-order valence-electron chi connectivity index (χ3n) is 3.08. The highest BCUT2D eigenvalue weighted by Crippen LogP contribution is 2.28. The summed E-state index contributed by atoms with van der Waals surface area (Å²) >= 11 is 0. The number of para-hydroxylation sites is 2. The Kier molecular flexibility index (Phi) is 5.63. The molecule has 5 nitrogen and oxygen atoms in total. The van der Waals surface area contributed by atoms with E-state index in [2.05, 4.69) is 5.32 Å². The van der Waals surface area contributed by atoms with E-state index in [4.69, 9.17) is 9.47 Å². The summed E-state index contributed by atoms with van der Waals surface area (Å²) in [5, 5.41) is 12.2. The molecule has 0 aromatic heterocycles. The van der Waals surface area contributed by atoms with Gasteiger partial charge in [0.15, 0.2) is 11.5 Å². The molecule has 0 bridgehead atoms. The monoisotopic (exact) mass is 313 g/mol. The number of methoxy groups -OCH3 is 1. The number of ether oxygens (including phenoxy) is 2. The number of benzene rings is 2. The van der Waals surface area contributed by atoms with Crippen molar-refractivity contribution < 1.29 is 19.4 Å². The molecule has 0 aliphatic carbocycles. The van der Waals surface area contributed by atoms with Crippen LogP contribution >= 0.6 is 0 Å². The molecule has 0 unspecified atom stereocenters. The zero-order valence-electron chi connectivity index (χ0n) is 13.1. The van der Waals surface area contributed by atoms with Gasteiger partial charge >= 0.3 is 0 Å². The van der Waals surface area contributed by atoms with Crippen LogP contribution in [0.3, 0.4) is 0 Å². The van der Waals surface area contributed by atoms with Crippen LogP contribution in [0.4, 0.5) is 5.69 Å². The van der Waals surface area contributed by atoms with Crippen molar-refractivity contribution in [2.45, 2.75) is 6.92 Å². The molecule has 0 heterocycles. The van der Waals surface area contributed by atoms with Crippen molar-refractivity contribution in [3.63, 3.8) is 0 Å². The van der Waals surface area contributed by atoms with E-state index in [-0.39, 0.29) is 11.7 Å². The Hall–Kier alpha value is -2.95. The Labute approximate surface area is 135 Å².